The number of imide groups is 1. The fourth-order valence-corrected chi connectivity index (χ4v) is 3.54. The first-order valence-corrected chi connectivity index (χ1v) is 9.57. The normalized spacial score (nSPS) is 13.8. The molecule has 4 rings (SSSR count). The van der Waals surface area contributed by atoms with Crippen LogP contribution >= 0.6 is 0 Å². The second-order valence-corrected chi connectivity index (χ2v) is 7.08. The van der Waals surface area contributed by atoms with Crippen molar-refractivity contribution in [2.75, 3.05) is 0 Å². The number of fused-ring (bicyclic) bond motifs is 1. The molecule has 0 bridgehead atoms. The van der Waals surface area contributed by atoms with Crippen molar-refractivity contribution in [3.63, 3.8) is 0 Å². The smallest absolute Gasteiger partial charge is 0.262 e. The summed E-state index contributed by atoms with van der Waals surface area (Å²) < 4.78 is 13.1. The molecule has 0 aliphatic carbocycles. The fourth-order valence-electron chi connectivity index (χ4n) is 3.54. The van der Waals surface area contributed by atoms with Gasteiger partial charge in [-0.25, -0.2) is 4.39 Å². The van der Waals surface area contributed by atoms with E-state index in [0.717, 1.165) is 10.5 Å². The SMILES string of the molecule is O=C(NCc1ccc(F)cc1)[C@@H](Cc1ccccc1)N1C(=O)c2ccccc2C1=O. The van der Waals surface area contributed by atoms with E-state index in [0.29, 0.717) is 16.7 Å². The second kappa shape index (κ2) is 8.29. The minimum absolute atomic E-state index is 0.160. The number of nitrogens with zero attached hydrogens (tertiary/aromatic N) is 1. The number of benzene rings is 3. The molecule has 1 heterocycles. The van der Waals surface area contributed by atoms with Crippen LogP contribution < -0.4 is 5.32 Å². The first-order chi connectivity index (χ1) is 14.5. The van der Waals surface area contributed by atoms with Crippen LogP contribution in [0.2, 0.25) is 0 Å². The van der Waals surface area contributed by atoms with Crippen molar-refractivity contribution in [2.45, 2.75) is 19.0 Å². The summed E-state index contributed by atoms with van der Waals surface area (Å²) in [5.74, 6) is -1.77. The van der Waals surface area contributed by atoms with Gasteiger partial charge >= 0.3 is 0 Å². The van der Waals surface area contributed by atoms with Crippen molar-refractivity contribution < 1.29 is 18.8 Å². The van der Waals surface area contributed by atoms with E-state index in [1.165, 1.54) is 12.1 Å². The third-order valence-electron chi connectivity index (χ3n) is 5.09. The molecule has 0 spiro atoms. The highest BCUT2D eigenvalue weighted by molar-refractivity contribution is 6.22. The summed E-state index contributed by atoms with van der Waals surface area (Å²) in [4.78, 5) is 40.0. The van der Waals surface area contributed by atoms with Crippen molar-refractivity contribution in [2.24, 2.45) is 0 Å². The molecule has 0 aromatic heterocycles. The van der Waals surface area contributed by atoms with Crippen LogP contribution in [0.25, 0.3) is 0 Å². The Hall–Kier alpha value is -3.80. The molecule has 0 saturated carbocycles. The van der Waals surface area contributed by atoms with E-state index in [1.54, 1.807) is 36.4 Å². The molecule has 3 aromatic carbocycles. The molecule has 6 heteroatoms. The van der Waals surface area contributed by atoms with E-state index in [4.69, 9.17) is 0 Å². The van der Waals surface area contributed by atoms with Crippen molar-refractivity contribution in [1.82, 2.24) is 10.2 Å². The molecule has 1 aliphatic rings. The average molecular weight is 402 g/mol. The lowest BCUT2D eigenvalue weighted by atomic mass is 10.0. The minimum atomic E-state index is -1.000. The van der Waals surface area contributed by atoms with Gasteiger partial charge in [-0.05, 0) is 35.4 Å². The molecule has 1 atom stereocenters. The second-order valence-electron chi connectivity index (χ2n) is 7.08. The van der Waals surface area contributed by atoms with Crippen molar-refractivity contribution in [1.29, 1.82) is 0 Å². The standard InChI is InChI=1S/C24H19FN2O3/c25-18-12-10-17(11-13-18)15-26-22(28)21(14-16-6-2-1-3-7-16)27-23(29)19-8-4-5-9-20(19)24(27)30/h1-13,21H,14-15H2,(H,26,28)/t21-/m1/s1. The number of rotatable bonds is 6. The average Bonchev–Trinajstić information content (AvgIpc) is 3.02. The molecule has 150 valence electrons. The molecule has 3 amide bonds. The molecular weight excluding hydrogens is 383 g/mol. The van der Waals surface area contributed by atoms with Gasteiger partial charge in [0, 0.05) is 13.0 Å². The predicted octanol–water partition coefficient (Wildman–Crippen LogP) is 3.35. The van der Waals surface area contributed by atoms with Gasteiger partial charge in [-0.1, -0.05) is 54.6 Å². The number of amides is 3. The van der Waals surface area contributed by atoms with Crippen LogP contribution in [0.3, 0.4) is 0 Å². The van der Waals surface area contributed by atoms with Crippen LogP contribution in [-0.4, -0.2) is 28.7 Å². The summed E-state index contributed by atoms with van der Waals surface area (Å²) in [7, 11) is 0. The van der Waals surface area contributed by atoms with E-state index in [2.05, 4.69) is 5.32 Å². The van der Waals surface area contributed by atoms with Gasteiger partial charge in [0.05, 0.1) is 11.1 Å². The van der Waals surface area contributed by atoms with Crippen LogP contribution in [0.15, 0.2) is 78.9 Å². The Morgan fingerprint density at radius 1 is 0.800 bits per heavy atom. The lowest BCUT2D eigenvalue weighted by Gasteiger charge is -2.25. The Kier molecular flexibility index (Phi) is 5.39. The largest absolute Gasteiger partial charge is 0.350 e. The van der Waals surface area contributed by atoms with Gasteiger partial charge in [-0.15, -0.1) is 0 Å². The van der Waals surface area contributed by atoms with Gasteiger partial charge in [-0.3, -0.25) is 19.3 Å². The summed E-state index contributed by atoms with van der Waals surface area (Å²) in [6.45, 7) is 0.160. The maximum absolute atomic E-state index is 13.1. The number of carbonyl (C=O) groups is 3. The quantitative estimate of drug-likeness (QED) is 0.643. The lowest BCUT2D eigenvalue weighted by Crippen LogP contribution is -2.50. The predicted molar refractivity (Wildman–Crippen MR) is 109 cm³/mol. The first kappa shape index (κ1) is 19.5. The van der Waals surface area contributed by atoms with Crippen LogP contribution in [0.5, 0.6) is 0 Å². The van der Waals surface area contributed by atoms with Crippen molar-refractivity contribution in [3.05, 3.63) is 107 Å². The Bertz CT molecular complexity index is 1060. The molecule has 30 heavy (non-hydrogen) atoms. The molecule has 5 nitrogen and oxygen atoms in total. The zero-order valence-electron chi connectivity index (χ0n) is 16.0. The summed E-state index contributed by atoms with van der Waals surface area (Å²) in [5, 5.41) is 2.78. The van der Waals surface area contributed by atoms with Gasteiger partial charge < -0.3 is 5.32 Å². The maximum Gasteiger partial charge on any atom is 0.262 e. The summed E-state index contributed by atoms with van der Waals surface area (Å²) >= 11 is 0. The molecule has 0 fully saturated rings. The van der Waals surface area contributed by atoms with E-state index in [-0.39, 0.29) is 18.8 Å². The lowest BCUT2D eigenvalue weighted by molar-refractivity contribution is -0.125. The topological polar surface area (TPSA) is 66.5 Å². The molecule has 0 unspecified atom stereocenters. The van der Waals surface area contributed by atoms with Crippen LogP contribution in [-0.2, 0) is 17.8 Å². The number of hydrogen-bond donors (Lipinski definition) is 1. The Morgan fingerprint density at radius 3 is 1.97 bits per heavy atom. The number of nitrogens with one attached hydrogen (secondary N) is 1. The highest BCUT2D eigenvalue weighted by atomic mass is 19.1. The third-order valence-corrected chi connectivity index (χ3v) is 5.09. The van der Waals surface area contributed by atoms with Gasteiger partial charge in [0.15, 0.2) is 0 Å². The monoisotopic (exact) mass is 402 g/mol. The molecule has 3 aromatic rings. The molecule has 1 aliphatic heterocycles. The Balaban J connectivity index is 1.60. The van der Waals surface area contributed by atoms with Crippen molar-refractivity contribution >= 4 is 17.7 Å². The Morgan fingerprint density at radius 2 is 1.37 bits per heavy atom. The third kappa shape index (κ3) is 3.85. The van der Waals surface area contributed by atoms with E-state index in [1.807, 2.05) is 30.3 Å². The van der Waals surface area contributed by atoms with Crippen molar-refractivity contribution in [3.8, 4) is 0 Å². The van der Waals surface area contributed by atoms with Gasteiger partial charge in [0.1, 0.15) is 11.9 Å². The van der Waals surface area contributed by atoms with Gasteiger partial charge in [0.25, 0.3) is 11.8 Å². The maximum atomic E-state index is 13.1. The number of carbonyl (C=O) groups excluding carboxylic acids is 3. The Labute approximate surface area is 173 Å². The molecular formula is C24H19FN2O3. The molecule has 0 saturated heterocycles. The van der Waals surface area contributed by atoms with Crippen LogP contribution in [0, 0.1) is 5.82 Å². The minimum Gasteiger partial charge on any atom is -0.350 e. The number of hydrogen-bond acceptors (Lipinski definition) is 3. The van der Waals surface area contributed by atoms with E-state index >= 15 is 0 Å². The van der Waals surface area contributed by atoms with Crippen LogP contribution in [0.1, 0.15) is 31.8 Å². The van der Waals surface area contributed by atoms with E-state index < -0.39 is 23.8 Å². The highest BCUT2D eigenvalue weighted by Crippen LogP contribution is 2.26. The molecule has 0 radical (unpaired) electrons. The van der Waals surface area contributed by atoms with Gasteiger partial charge in [-0.2, -0.15) is 0 Å². The fraction of sp³-hybridized carbons (Fsp3) is 0.125. The summed E-state index contributed by atoms with van der Waals surface area (Å²) in [5.41, 5.74) is 2.14. The highest BCUT2D eigenvalue weighted by Gasteiger charge is 2.42. The van der Waals surface area contributed by atoms with Gasteiger partial charge in [0.2, 0.25) is 5.91 Å². The summed E-state index contributed by atoms with van der Waals surface area (Å²) in [6, 6.07) is 20.6. The molecule has 1 N–H and O–H groups in total. The number of halogens is 1. The zero-order chi connectivity index (χ0) is 21.1. The van der Waals surface area contributed by atoms with E-state index in [9.17, 15) is 18.8 Å². The summed E-state index contributed by atoms with van der Waals surface area (Å²) in [6.07, 6.45) is 0.196. The zero-order valence-corrected chi connectivity index (χ0v) is 16.0. The van der Waals surface area contributed by atoms with Crippen LogP contribution in [0.4, 0.5) is 4.39 Å². The first-order valence-electron chi connectivity index (χ1n) is 9.57.